The second-order valence-corrected chi connectivity index (χ2v) is 17.4. The van der Waals surface area contributed by atoms with Crippen molar-refractivity contribution in [2.24, 2.45) is 11.3 Å². The molecule has 1 rings (SSSR count). The molecule has 9 nitrogen and oxygen atoms in total. The minimum Gasteiger partial charge on any atom is -0.466 e. The van der Waals surface area contributed by atoms with E-state index in [0.717, 1.165) is 83.7 Å². The van der Waals surface area contributed by atoms with Crippen molar-refractivity contribution < 1.29 is 38.4 Å². The summed E-state index contributed by atoms with van der Waals surface area (Å²) in [6.07, 6.45) is 29.3. The highest BCUT2D eigenvalue weighted by Crippen LogP contribution is 2.34. The summed E-state index contributed by atoms with van der Waals surface area (Å²) in [6.45, 7) is 11.3. The van der Waals surface area contributed by atoms with Crippen molar-refractivity contribution in [1.29, 1.82) is 0 Å². The van der Waals surface area contributed by atoms with Gasteiger partial charge in [-0.15, -0.1) is 0 Å². The van der Waals surface area contributed by atoms with Crippen LogP contribution in [0.25, 0.3) is 0 Å². The second-order valence-electron chi connectivity index (χ2n) is 17.4. The Morgan fingerprint density at radius 3 is 1.46 bits per heavy atom. The lowest BCUT2D eigenvalue weighted by Gasteiger charge is -2.33. The van der Waals surface area contributed by atoms with Crippen molar-refractivity contribution in [2.45, 2.75) is 233 Å². The van der Waals surface area contributed by atoms with Gasteiger partial charge in [-0.1, -0.05) is 150 Å². The van der Waals surface area contributed by atoms with Crippen LogP contribution in [-0.4, -0.2) is 80.3 Å². The zero-order valence-corrected chi connectivity index (χ0v) is 37.2. The van der Waals surface area contributed by atoms with Crippen LogP contribution < -0.4 is 0 Å². The predicted octanol–water partition coefficient (Wildman–Crippen LogP) is 11.7. The van der Waals surface area contributed by atoms with Gasteiger partial charge in [0.05, 0.1) is 25.9 Å². The molecule has 0 aromatic carbocycles. The molecule has 1 N–H and O–H groups in total. The number of ether oxygens (including phenoxy) is 4. The molecule has 0 amide bonds. The lowest BCUT2D eigenvalue weighted by molar-refractivity contribution is -0.196. The molecule has 0 bridgehead atoms. The second kappa shape index (κ2) is 35.3. The minimum absolute atomic E-state index is 0.0530. The van der Waals surface area contributed by atoms with Crippen LogP contribution in [0.1, 0.15) is 220 Å². The van der Waals surface area contributed by atoms with Crippen LogP contribution in [-0.2, 0) is 33.3 Å². The molecular weight excluding hydrogens is 707 g/mol. The van der Waals surface area contributed by atoms with Crippen LogP contribution in [0.15, 0.2) is 0 Å². The molecule has 3 unspecified atom stereocenters. The maximum Gasteiger partial charge on any atom is 0.305 e. The van der Waals surface area contributed by atoms with E-state index >= 15 is 0 Å². The van der Waals surface area contributed by atoms with E-state index in [1.807, 2.05) is 0 Å². The highest BCUT2D eigenvalue weighted by molar-refractivity contribution is 5.70. The molecule has 0 aromatic heterocycles. The van der Waals surface area contributed by atoms with E-state index < -0.39 is 6.29 Å². The number of esters is 3. The number of unbranched alkanes of at least 4 members (excludes halogenated alkanes) is 18. The lowest BCUT2D eigenvalue weighted by Crippen LogP contribution is -2.39. The summed E-state index contributed by atoms with van der Waals surface area (Å²) in [7, 11) is 2.09. The molecular formula is C47H89NO8. The molecule has 0 spiro atoms. The van der Waals surface area contributed by atoms with Gasteiger partial charge in [-0.3, -0.25) is 14.4 Å². The quantitative estimate of drug-likeness (QED) is 0.0281. The van der Waals surface area contributed by atoms with Gasteiger partial charge in [0.15, 0.2) is 6.29 Å². The van der Waals surface area contributed by atoms with E-state index in [1.165, 1.54) is 83.5 Å². The highest BCUT2D eigenvalue weighted by atomic mass is 16.6. The third-order valence-electron chi connectivity index (χ3n) is 11.6. The normalized spacial score (nSPS) is 17.0. The third kappa shape index (κ3) is 28.7. The number of nitrogens with zero attached hydrogens (tertiary/aromatic N) is 1. The first-order chi connectivity index (χ1) is 27.1. The Bertz CT molecular complexity index is 932. The Balaban J connectivity index is 2.47. The summed E-state index contributed by atoms with van der Waals surface area (Å²) in [5, 5.41) is 11.1. The molecule has 0 radical (unpaired) electrons. The summed E-state index contributed by atoms with van der Waals surface area (Å²) in [5.74, 6) is -0.681. The van der Waals surface area contributed by atoms with Crippen molar-refractivity contribution in [3.05, 3.63) is 0 Å². The predicted molar refractivity (Wildman–Crippen MR) is 228 cm³/mol. The molecule has 1 aliphatic heterocycles. The molecule has 56 heavy (non-hydrogen) atoms. The highest BCUT2D eigenvalue weighted by Gasteiger charge is 2.40. The van der Waals surface area contributed by atoms with Gasteiger partial charge in [0, 0.05) is 37.1 Å². The molecule has 1 aliphatic rings. The van der Waals surface area contributed by atoms with Gasteiger partial charge in [0.25, 0.3) is 0 Å². The third-order valence-corrected chi connectivity index (χ3v) is 11.6. The van der Waals surface area contributed by atoms with Crippen LogP contribution in [0.4, 0.5) is 0 Å². The van der Waals surface area contributed by atoms with Crippen LogP contribution in [0.3, 0.4) is 0 Å². The van der Waals surface area contributed by atoms with E-state index in [1.54, 1.807) is 0 Å². The van der Waals surface area contributed by atoms with Gasteiger partial charge in [-0.2, -0.15) is 0 Å². The smallest absolute Gasteiger partial charge is 0.305 e. The fourth-order valence-corrected chi connectivity index (χ4v) is 7.71. The van der Waals surface area contributed by atoms with Crippen molar-refractivity contribution in [1.82, 2.24) is 4.90 Å². The number of carbonyl (C=O) groups is 3. The Morgan fingerprint density at radius 1 is 0.571 bits per heavy atom. The van der Waals surface area contributed by atoms with E-state index in [-0.39, 0.29) is 48.6 Å². The lowest BCUT2D eigenvalue weighted by atomic mass is 9.89. The molecule has 0 aromatic rings. The molecule has 0 aliphatic carbocycles. The first-order valence-electron chi connectivity index (χ1n) is 23.6. The molecule has 330 valence electrons. The number of rotatable bonds is 39. The first-order valence-corrected chi connectivity index (χ1v) is 23.6. The number of aliphatic hydroxyl groups is 1. The zero-order chi connectivity index (χ0) is 41.1. The fraction of sp³-hybridized carbons (Fsp3) is 0.936. The van der Waals surface area contributed by atoms with Crippen molar-refractivity contribution in [3.8, 4) is 0 Å². The molecule has 3 atom stereocenters. The summed E-state index contributed by atoms with van der Waals surface area (Å²) in [5.41, 5.74) is -0.263. The van der Waals surface area contributed by atoms with Gasteiger partial charge < -0.3 is 29.0 Å². The summed E-state index contributed by atoms with van der Waals surface area (Å²) in [6, 6.07) is 0. The Kier molecular flexibility index (Phi) is 32.9. The van der Waals surface area contributed by atoms with Crippen molar-refractivity contribution in [3.63, 3.8) is 0 Å². The van der Waals surface area contributed by atoms with Crippen molar-refractivity contribution >= 4 is 17.9 Å². The van der Waals surface area contributed by atoms with Crippen LogP contribution in [0.5, 0.6) is 0 Å². The van der Waals surface area contributed by atoms with Gasteiger partial charge in [0.1, 0.15) is 0 Å². The average Bonchev–Trinajstić information content (AvgIpc) is 3.54. The number of hydrogen-bond donors (Lipinski definition) is 1. The number of aliphatic hydroxyl groups excluding tert-OH is 1. The van der Waals surface area contributed by atoms with E-state index in [0.29, 0.717) is 45.1 Å². The molecule has 0 saturated carbocycles. The fourth-order valence-electron chi connectivity index (χ4n) is 7.71. The van der Waals surface area contributed by atoms with E-state index in [4.69, 9.17) is 18.9 Å². The summed E-state index contributed by atoms with van der Waals surface area (Å²) in [4.78, 5) is 39.7. The van der Waals surface area contributed by atoms with Gasteiger partial charge in [0.2, 0.25) is 0 Å². The van der Waals surface area contributed by atoms with Gasteiger partial charge in [-0.05, 0) is 65.0 Å². The van der Waals surface area contributed by atoms with Crippen LogP contribution in [0, 0.1) is 11.3 Å². The summed E-state index contributed by atoms with van der Waals surface area (Å²) >= 11 is 0. The number of likely N-dealkylation sites (tertiary alicyclic amines) is 1. The molecule has 1 heterocycles. The Morgan fingerprint density at radius 2 is 0.982 bits per heavy atom. The average molecular weight is 796 g/mol. The monoisotopic (exact) mass is 796 g/mol. The van der Waals surface area contributed by atoms with E-state index in [2.05, 4.69) is 39.6 Å². The summed E-state index contributed by atoms with van der Waals surface area (Å²) < 4.78 is 23.2. The minimum atomic E-state index is -0.801. The molecule has 9 heteroatoms. The van der Waals surface area contributed by atoms with Crippen LogP contribution in [0.2, 0.25) is 0 Å². The van der Waals surface area contributed by atoms with Crippen molar-refractivity contribution in [2.75, 3.05) is 40.0 Å². The topological polar surface area (TPSA) is 112 Å². The SMILES string of the molecule is CCCCCCCCCCCCC(CCCOC(=O)CCCCC(COC(=O)CCCCCCC)COC(=O)CCCCCCC)OC(O)C1(C)CCN(C)C1. The maximum absolute atomic E-state index is 12.7. The number of hydrogen-bond acceptors (Lipinski definition) is 9. The molecule has 1 fully saturated rings. The Hall–Kier alpha value is -1.71. The molecule has 1 saturated heterocycles. The number of carbonyl (C=O) groups excluding carboxylic acids is 3. The first kappa shape index (κ1) is 52.3. The van der Waals surface area contributed by atoms with Crippen LogP contribution >= 0.6 is 0 Å². The largest absolute Gasteiger partial charge is 0.466 e. The Labute approximate surface area is 344 Å². The standard InChI is InChI=1S/C47H89NO8/c1-6-9-12-15-16-17-18-19-22-23-30-42(56-46(52)47(4)35-36-48(5)40-47)31-28-37-53-43(49)34-27-26-29-41(38-54-44(50)32-24-20-13-10-7-2)39-55-45(51)33-25-21-14-11-8-3/h41-42,46,52H,6-40H2,1-5H3. The van der Waals surface area contributed by atoms with E-state index in [9.17, 15) is 19.5 Å². The zero-order valence-electron chi connectivity index (χ0n) is 37.2. The maximum atomic E-state index is 12.7. The van der Waals surface area contributed by atoms with Gasteiger partial charge in [-0.25, -0.2) is 0 Å². The van der Waals surface area contributed by atoms with Gasteiger partial charge >= 0.3 is 17.9 Å².